The predicted molar refractivity (Wildman–Crippen MR) is 57.8 cm³/mol. The number of amides is 1. The Hall–Kier alpha value is -1.31. The first-order valence-electron chi connectivity index (χ1n) is 5.42. The maximum atomic E-state index is 11.9. The minimum absolute atomic E-state index is 0.253. The van der Waals surface area contributed by atoms with Crippen molar-refractivity contribution in [2.24, 2.45) is 0 Å². The zero-order chi connectivity index (χ0) is 14.2. The van der Waals surface area contributed by atoms with Crippen molar-refractivity contribution >= 4 is 11.9 Å². The van der Waals surface area contributed by atoms with Gasteiger partial charge in [-0.3, -0.25) is 9.59 Å². The molecule has 0 aromatic carbocycles. The van der Waals surface area contributed by atoms with E-state index < -0.39 is 31.1 Å². The standard InChI is InChI=1S/C10H17F3N2O3/c1-3-4-15(6-9(17)18-2)8(16)5-14-7-10(11,12)13/h14H,3-7H2,1-2H3. The van der Waals surface area contributed by atoms with Crippen LogP contribution in [-0.4, -0.2) is 56.2 Å². The fourth-order valence-corrected chi connectivity index (χ4v) is 1.21. The SMILES string of the molecule is CCCN(CC(=O)OC)C(=O)CNCC(F)(F)F. The number of halogens is 3. The summed E-state index contributed by atoms with van der Waals surface area (Å²) in [5.74, 6) is -1.17. The number of nitrogens with zero attached hydrogens (tertiary/aromatic N) is 1. The molecule has 0 aromatic rings. The molecule has 0 aliphatic carbocycles. The van der Waals surface area contributed by atoms with Crippen LogP contribution in [0.5, 0.6) is 0 Å². The van der Waals surface area contributed by atoms with Gasteiger partial charge >= 0.3 is 12.1 Å². The van der Waals surface area contributed by atoms with E-state index in [0.29, 0.717) is 13.0 Å². The van der Waals surface area contributed by atoms with Crippen LogP contribution >= 0.6 is 0 Å². The van der Waals surface area contributed by atoms with Crippen molar-refractivity contribution in [2.75, 3.05) is 33.3 Å². The second-order valence-corrected chi connectivity index (χ2v) is 3.61. The zero-order valence-corrected chi connectivity index (χ0v) is 10.3. The minimum atomic E-state index is -4.36. The van der Waals surface area contributed by atoms with Gasteiger partial charge in [-0.05, 0) is 6.42 Å². The average Bonchev–Trinajstić information content (AvgIpc) is 2.26. The predicted octanol–water partition coefficient (Wildman–Crippen LogP) is 0.550. The van der Waals surface area contributed by atoms with Crippen LogP contribution in [0.2, 0.25) is 0 Å². The van der Waals surface area contributed by atoms with E-state index in [-0.39, 0.29) is 6.54 Å². The summed E-state index contributed by atoms with van der Waals surface area (Å²) in [6, 6.07) is 0. The molecule has 0 bridgehead atoms. The molecule has 8 heteroatoms. The second kappa shape index (κ2) is 7.91. The van der Waals surface area contributed by atoms with Crippen molar-refractivity contribution in [3.63, 3.8) is 0 Å². The lowest BCUT2D eigenvalue weighted by Gasteiger charge is -2.21. The third-order valence-corrected chi connectivity index (χ3v) is 2.00. The lowest BCUT2D eigenvalue weighted by atomic mass is 10.3. The van der Waals surface area contributed by atoms with Gasteiger partial charge in [0, 0.05) is 6.54 Å². The van der Waals surface area contributed by atoms with Gasteiger partial charge in [0.15, 0.2) is 0 Å². The topological polar surface area (TPSA) is 58.6 Å². The Bertz CT molecular complexity index is 282. The Morgan fingerprint density at radius 3 is 2.39 bits per heavy atom. The van der Waals surface area contributed by atoms with Gasteiger partial charge < -0.3 is 15.0 Å². The maximum absolute atomic E-state index is 11.9. The molecule has 1 N–H and O–H groups in total. The molecule has 0 spiro atoms. The van der Waals surface area contributed by atoms with Crippen LogP contribution < -0.4 is 5.32 Å². The van der Waals surface area contributed by atoms with E-state index in [1.165, 1.54) is 7.11 Å². The first kappa shape index (κ1) is 16.7. The van der Waals surface area contributed by atoms with Crippen molar-refractivity contribution in [1.82, 2.24) is 10.2 Å². The lowest BCUT2D eigenvalue weighted by Crippen LogP contribution is -2.43. The third-order valence-electron chi connectivity index (χ3n) is 2.00. The van der Waals surface area contributed by atoms with Crippen LogP contribution in [0.25, 0.3) is 0 Å². The Balaban J connectivity index is 4.18. The number of carbonyl (C=O) groups is 2. The van der Waals surface area contributed by atoms with E-state index in [1.807, 2.05) is 5.32 Å². The number of hydrogen-bond donors (Lipinski definition) is 1. The molecule has 0 rings (SSSR count). The molecule has 0 saturated heterocycles. The molecule has 106 valence electrons. The smallest absolute Gasteiger partial charge is 0.401 e. The summed E-state index contributed by atoms with van der Waals surface area (Å²) in [6.07, 6.45) is -3.76. The molecular formula is C10H17F3N2O3. The number of methoxy groups -OCH3 is 1. The van der Waals surface area contributed by atoms with Gasteiger partial charge in [0.1, 0.15) is 6.54 Å². The minimum Gasteiger partial charge on any atom is -0.468 e. The quantitative estimate of drug-likeness (QED) is 0.686. The fraction of sp³-hybridized carbons (Fsp3) is 0.800. The Morgan fingerprint density at radius 1 is 1.33 bits per heavy atom. The molecule has 0 aromatic heterocycles. The van der Waals surface area contributed by atoms with Crippen LogP contribution in [-0.2, 0) is 14.3 Å². The molecule has 0 fully saturated rings. The highest BCUT2D eigenvalue weighted by Crippen LogP contribution is 2.11. The Kier molecular flexibility index (Phi) is 7.33. The summed E-state index contributed by atoms with van der Waals surface area (Å²) in [7, 11) is 1.18. The van der Waals surface area contributed by atoms with Gasteiger partial charge in [-0.2, -0.15) is 13.2 Å². The monoisotopic (exact) mass is 270 g/mol. The van der Waals surface area contributed by atoms with E-state index in [0.717, 1.165) is 4.90 Å². The number of carbonyl (C=O) groups excluding carboxylic acids is 2. The highest BCUT2D eigenvalue weighted by Gasteiger charge is 2.27. The molecule has 0 heterocycles. The van der Waals surface area contributed by atoms with Crippen LogP contribution in [0.15, 0.2) is 0 Å². The number of hydrogen-bond acceptors (Lipinski definition) is 4. The van der Waals surface area contributed by atoms with Gasteiger partial charge in [-0.15, -0.1) is 0 Å². The number of nitrogens with one attached hydrogen (secondary N) is 1. The molecule has 0 aliphatic heterocycles. The first-order valence-corrected chi connectivity index (χ1v) is 5.42. The van der Waals surface area contributed by atoms with E-state index in [4.69, 9.17) is 0 Å². The molecule has 5 nitrogen and oxygen atoms in total. The molecule has 0 unspecified atom stereocenters. The summed E-state index contributed by atoms with van der Waals surface area (Å²) in [6.45, 7) is 0.132. The number of esters is 1. The summed E-state index contributed by atoms with van der Waals surface area (Å²) in [5.41, 5.74) is 0. The van der Waals surface area contributed by atoms with Crippen LogP contribution in [0, 0.1) is 0 Å². The van der Waals surface area contributed by atoms with Crippen LogP contribution in [0.1, 0.15) is 13.3 Å². The van der Waals surface area contributed by atoms with E-state index in [1.54, 1.807) is 6.92 Å². The van der Waals surface area contributed by atoms with E-state index >= 15 is 0 Å². The summed E-state index contributed by atoms with van der Waals surface area (Å²) < 4.78 is 40.0. The molecular weight excluding hydrogens is 253 g/mol. The maximum Gasteiger partial charge on any atom is 0.401 e. The normalized spacial score (nSPS) is 11.2. The lowest BCUT2D eigenvalue weighted by molar-refractivity contribution is -0.147. The van der Waals surface area contributed by atoms with Crippen molar-refractivity contribution in [3.05, 3.63) is 0 Å². The van der Waals surface area contributed by atoms with Crippen molar-refractivity contribution < 1.29 is 27.5 Å². The highest BCUT2D eigenvalue weighted by atomic mass is 19.4. The molecule has 1 amide bonds. The number of alkyl halides is 3. The second-order valence-electron chi connectivity index (χ2n) is 3.61. The molecule has 0 saturated carbocycles. The summed E-state index contributed by atoms with van der Waals surface area (Å²) in [4.78, 5) is 23.7. The number of rotatable bonds is 7. The highest BCUT2D eigenvalue weighted by molar-refractivity contribution is 5.83. The van der Waals surface area contributed by atoms with Crippen LogP contribution in [0.4, 0.5) is 13.2 Å². The Labute approximate surface area is 103 Å². The van der Waals surface area contributed by atoms with Gasteiger partial charge in [0.05, 0.1) is 20.2 Å². The molecule has 0 aliphatic rings. The zero-order valence-electron chi connectivity index (χ0n) is 10.3. The largest absolute Gasteiger partial charge is 0.468 e. The van der Waals surface area contributed by atoms with E-state index in [2.05, 4.69) is 4.74 Å². The molecule has 18 heavy (non-hydrogen) atoms. The fourth-order valence-electron chi connectivity index (χ4n) is 1.21. The van der Waals surface area contributed by atoms with Gasteiger partial charge in [0.2, 0.25) is 5.91 Å². The summed E-state index contributed by atoms with van der Waals surface area (Å²) >= 11 is 0. The average molecular weight is 270 g/mol. The molecule has 0 atom stereocenters. The first-order chi connectivity index (χ1) is 8.30. The van der Waals surface area contributed by atoms with Crippen molar-refractivity contribution in [1.29, 1.82) is 0 Å². The summed E-state index contributed by atoms with van der Waals surface area (Å²) in [5, 5.41) is 1.99. The molecule has 0 radical (unpaired) electrons. The van der Waals surface area contributed by atoms with Gasteiger partial charge in [-0.25, -0.2) is 0 Å². The van der Waals surface area contributed by atoms with E-state index in [9.17, 15) is 22.8 Å². The van der Waals surface area contributed by atoms with Gasteiger partial charge in [-0.1, -0.05) is 6.92 Å². The van der Waals surface area contributed by atoms with Crippen molar-refractivity contribution in [3.8, 4) is 0 Å². The van der Waals surface area contributed by atoms with Gasteiger partial charge in [0.25, 0.3) is 0 Å². The number of ether oxygens (including phenoxy) is 1. The Morgan fingerprint density at radius 2 is 1.94 bits per heavy atom. The van der Waals surface area contributed by atoms with Crippen molar-refractivity contribution in [2.45, 2.75) is 19.5 Å². The third kappa shape index (κ3) is 7.88. The van der Waals surface area contributed by atoms with Crippen LogP contribution in [0.3, 0.4) is 0 Å².